The molecular formula is C29H43N3Si. The summed E-state index contributed by atoms with van der Waals surface area (Å²) in [6, 6.07) is 13.5. The van der Waals surface area contributed by atoms with Gasteiger partial charge in [0.2, 0.25) is 0 Å². The molecule has 1 unspecified atom stereocenters. The van der Waals surface area contributed by atoms with Crippen molar-refractivity contribution in [2.75, 3.05) is 9.13 Å². The van der Waals surface area contributed by atoms with Crippen LogP contribution in [0.3, 0.4) is 0 Å². The highest BCUT2D eigenvalue weighted by molar-refractivity contribution is 6.66. The van der Waals surface area contributed by atoms with Gasteiger partial charge in [0.1, 0.15) is 0 Å². The average Bonchev–Trinajstić information content (AvgIpc) is 2.72. The quantitative estimate of drug-likeness (QED) is 0.449. The second-order valence-corrected chi connectivity index (χ2v) is 12.5. The summed E-state index contributed by atoms with van der Waals surface area (Å²) in [4.78, 5) is 0. The Bertz CT molecular complexity index is 996. The van der Waals surface area contributed by atoms with E-state index in [2.05, 4.69) is 120 Å². The SMILES string of the molecule is C=C1C=C(C)N(c2c(C(C)C)cccc2C(C)C)[SiH](N)N1c1c(C(C)C)cccc1C(C)C. The number of para-hydroxylation sites is 2. The van der Waals surface area contributed by atoms with Crippen LogP contribution in [0.25, 0.3) is 0 Å². The van der Waals surface area contributed by atoms with E-state index in [1.165, 1.54) is 39.3 Å². The molecule has 0 saturated heterocycles. The molecular weight excluding hydrogens is 418 g/mol. The van der Waals surface area contributed by atoms with Crippen molar-refractivity contribution in [2.45, 2.75) is 86.0 Å². The second-order valence-electron chi connectivity index (χ2n) is 10.6. The van der Waals surface area contributed by atoms with E-state index in [-0.39, 0.29) is 0 Å². The molecule has 0 bridgehead atoms. The van der Waals surface area contributed by atoms with Gasteiger partial charge in [0.25, 0.3) is 0 Å². The van der Waals surface area contributed by atoms with E-state index in [1.807, 2.05) is 0 Å². The molecule has 1 aliphatic heterocycles. The fourth-order valence-corrected chi connectivity index (χ4v) is 7.30. The number of anilines is 2. The van der Waals surface area contributed by atoms with E-state index in [9.17, 15) is 0 Å². The molecule has 3 nitrogen and oxygen atoms in total. The summed E-state index contributed by atoms with van der Waals surface area (Å²) in [5.74, 6) is 1.64. The third kappa shape index (κ3) is 4.69. The molecule has 0 amide bonds. The van der Waals surface area contributed by atoms with Crippen LogP contribution in [0.5, 0.6) is 0 Å². The average molecular weight is 462 g/mol. The predicted molar refractivity (Wildman–Crippen MR) is 148 cm³/mol. The maximum atomic E-state index is 7.33. The van der Waals surface area contributed by atoms with E-state index < -0.39 is 9.28 Å². The lowest BCUT2D eigenvalue weighted by Crippen LogP contribution is -2.61. The third-order valence-corrected chi connectivity index (χ3v) is 9.07. The van der Waals surface area contributed by atoms with Gasteiger partial charge in [-0.15, -0.1) is 0 Å². The molecule has 2 aromatic rings. The molecule has 1 atom stereocenters. The zero-order chi connectivity index (χ0) is 24.6. The number of rotatable bonds is 6. The van der Waals surface area contributed by atoms with Crippen LogP contribution in [0.4, 0.5) is 11.4 Å². The summed E-state index contributed by atoms with van der Waals surface area (Å²) < 4.78 is 4.87. The first-order valence-corrected chi connectivity index (χ1v) is 14.1. The van der Waals surface area contributed by atoms with Gasteiger partial charge in [0, 0.05) is 22.8 Å². The fourth-order valence-electron chi connectivity index (χ4n) is 5.04. The van der Waals surface area contributed by atoms with Crippen molar-refractivity contribution in [2.24, 2.45) is 5.40 Å². The number of benzene rings is 2. The first-order valence-electron chi connectivity index (χ1n) is 12.4. The Labute approximate surface area is 203 Å². The van der Waals surface area contributed by atoms with Crippen molar-refractivity contribution in [1.29, 1.82) is 0 Å². The van der Waals surface area contributed by atoms with Crippen LogP contribution in [-0.2, 0) is 0 Å². The number of nitrogens with two attached hydrogens (primary N) is 1. The Morgan fingerprint density at radius 1 is 0.667 bits per heavy atom. The summed E-state index contributed by atoms with van der Waals surface area (Å²) in [5.41, 5.74) is 10.2. The smallest absolute Gasteiger partial charge is 0.336 e. The van der Waals surface area contributed by atoms with Gasteiger partial charge >= 0.3 is 9.28 Å². The van der Waals surface area contributed by atoms with Crippen molar-refractivity contribution >= 4 is 20.7 Å². The Kier molecular flexibility index (Phi) is 7.60. The summed E-state index contributed by atoms with van der Waals surface area (Å²) in [6.07, 6.45) is 2.22. The molecule has 0 fully saturated rings. The van der Waals surface area contributed by atoms with Crippen molar-refractivity contribution in [1.82, 2.24) is 0 Å². The Hall–Kier alpha value is -2.30. The van der Waals surface area contributed by atoms with Gasteiger partial charge in [0.15, 0.2) is 0 Å². The van der Waals surface area contributed by atoms with Crippen LogP contribution in [0, 0.1) is 0 Å². The molecule has 1 aliphatic rings. The number of allylic oxidation sites excluding steroid dienone is 2. The van der Waals surface area contributed by atoms with E-state index in [4.69, 9.17) is 5.40 Å². The van der Waals surface area contributed by atoms with E-state index in [0.717, 1.165) is 5.70 Å². The summed E-state index contributed by atoms with van der Waals surface area (Å²) in [7, 11) is -2.17. The minimum Gasteiger partial charge on any atom is -0.344 e. The van der Waals surface area contributed by atoms with Crippen molar-refractivity contribution in [3.8, 4) is 0 Å². The van der Waals surface area contributed by atoms with Crippen LogP contribution < -0.4 is 14.5 Å². The van der Waals surface area contributed by atoms with Crippen molar-refractivity contribution in [3.63, 3.8) is 0 Å². The highest BCUT2D eigenvalue weighted by Gasteiger charge is 2.37. The number of hydrogen-bond acceptors (Lipinski definition) is 3. The van der Waals surface area contributed by atoms with E-state index >= 15 is 0 Å². The Morgan fingerprint density at radius 3 is 1.33 bits per heavy atom. The molecule has 4 heteroatoms. The molecule has 0 spiro atoms. The zero-order valence-corrected chi connectivity index (χ0v) is 23.3. The predicted octanol–water partition coefficient (Wildman–Crippen LogP) is 7.60. The number of hydrogen-bond donors (Lipinski definition) is 1. The van der Waals surface area contributed by atoms with Crippen LogP contribution in [-0.4, -0.2) is 9.28 Å². The zero-order valence-electron chi connectivity index (χ0n) is 22.1. The minimum absolute atomic E-state index is 0.405. The third-order valence-electron chi connectivity index (χ3n) is 6.76. The molecule has 0 aromatic heterocycles. The summed E-state index contributed by atoms with van der Waals surface area (Å²) in [6.45, 7) is 24.9. The lowest BCUT2D eigenvalue weighted by molar-refractivity contribution is 0.823. The van der Waals surface area contributed by atoms with Crippen molar-refractivity contribution < 1.29 is 0 Å². The van der Waals surface area contributed by atoms with Crippen molar-refractivity contribution in [3.05, 3.63) is 82.7 Å². The first-order chi connectivity index (χ1) is 15.5. The monoisotopic (exact) mass is 461 g/mol. The Morgan fingerprint density at radius 2 is 1.00 bits per heavy atom. The van der Waals surface area contributed by atoms with Gasteiger partial charge in [-0.25, -0.2) is 0 Å². The van der Waals surface area contributed by atoms with Gasteiger partial charge in [-0.2, -0.15) is 0 Å². The second kappa shape index (κ2) is 9.90. The molecule has 1 heterocycles. The maximum Gasteiger partial charge on any atom is 0.336 e. The summed E-state index contributed by atoms with van der Waals surface area (Å²) in [5, 5.41) is 7.33. The molecule has 2 aromatic carbocycles. The van der Waals surface area contributed by atoms with Crippen LogP contribution in [0.15, 0.2) is 60.4 Å². The molecule has 178 valence electrons. The van der Waals surface area contributed by atoms with Crippen LogP contribution in [0.2, 0.25) is 0 Å². The van der Waals surface area contributed by atoms with E-state index in [1.54, 1.807) is 0 Å². The van der Waals surface area contributed by atoms with Crippen LogP contribution in [0.1, 0.15) is 108 Å². The van der Waals surface area contributed by atoms with Gasteiger partial charge in [0.05, 0.1) is 0 Å². The normalized spacial score (nSPS) is 17.1. The molecule has 2 N–H and O–H groups in total. The summed E-state index contributed by atoms with van der Waals surface area (Å²) >= 11 is 0. The van der Waals surface area contributed by atoms with Gasteiger partial charge < -0.3 is 14.5 Å². The standard InChI is InChI=1S/C29H43N3Si/c1-18(2)24-13-11-14-25(19(3)4)28(24)31-22(9)17-23(10)32(33(31)30)29-26(20(5)6)15-12-16-27(29)21(7)8/h11-21,33H,9,30H2,1-8,10H3. The van der Waals surface area contributed by atoms with Gasteiger partial charge in [-0.1, -0.05) is 98.4 Å². The number of nitrogens with zero attached hydrogens (tertiary/aromatic N) is 2. The van der Waals surface area contributed by atoms with Crippen LogP contribution >= 0.6 is 0 Å². The first kappa shape index (κ1) is 25.3. The fraction of sp³-hybridized carbons (Fsp3) is 0.448. The largest absolute Gasteiger partial charge is 0.344 e. The highest BCUT2D eigenvalue weighted by Crippen LogP contribution is 2.43. The lowest BCUT2D eigenvalue weighted by atomic mass is 9.92. The van der Waals surface area contributed by atoms with E-state index in [0.29, 0.717) is 23.7 Å². The minimum atomic E-state index is -2.17. The molecule has 0 radical (unpaired) electrons. The maximum absolute atomic E-state index is 7.33. The Balaban J connectivity index is 2.30. The van der Waals surface area contributed by atoms with Gasteiger partial charge in [-0.05, 0) is 58.9 Å². The molecule has 0 saturated carbocycles. The molecule has 0 aliphatic carbocycles. The molecule has 3 rings (SSSR count). The highest BCUT2D eigenvalue weighted by atomic mass is 28.3. The lowest BCUT2D eigenvalue weighted by Gasteiger charge is -2.46. The molecule has 33 heavy (non-hydrogen) atoms. The van der Waals surface area contributed by atoms with Gasteiger partial charge in [-0.3, -0.25) is 0 Å². The topological polar surface area (TPSA) is 32.5 Å².